The third-order valence-electron chi connectivity index (χ3n) is 4.31. The normalized spacial score (nSPS) is 15.7. The predicted molar refractivity (Wildman–Crippen MR) is 102 cm³/mol. The van der Waals surface area contributed by atoms with Gasteiger partial charge in [-0.05, 0) is 30.9 Å². The second-order valence-corrected chi connectivity index (χ2v) is 6.99. The topological polar surface area (TPSA) is 69.6 Å². The average molecular weight is 366 g/mol. The zero-order valence-electron chi connectivity index (χ0n) is 15.1. The smallest absolute Gasteiger partial charge is 0.243 e. The number of guanidine groups is 1. The summed E-state index contributed by atoms with van der Waals surface area (Å²) in [7, 11) is 3.49. The van der Waals surface area contributed by atoms with Crippen molar-refractivity contribution in [3.05, 3.63) is 29.0 Å². The van der Waals surface area contributed by atoms with Crippen molar-refractivity contribution in [1.82, 2.24) is 20.5 Å². The van der Waals surface area contributed by atoms with Crippen LogP contribution in [0, 0.1) is 0 Å². The summed E-state index contributed by atoms with van der Waals surface area (Å²) >= 11 is 5.81. The summed E-state index contributed by atoms with van der Waals surface area (Å²) in [4.78, 5) is 21.9. The summed E-state index contributed by atoms with van der Waals surface area (Å²) in [6.07, 6.45) is 8.71. The third kappa shape index (κ3) is 7.30. The highest BCUT2D eigenvalue weighted by atomic mass is 35.5. The number of aliphatic imine (C=N–C) groups is 1. The molecule has 0 aromatic carbocycles. The van der Waals surface area contributed by atoms with E-state index >= 15 is 0 Å². The molecule has 1 aliphatic rings. The maximum absolute atomic E-state index is 11.8. The maximum Gasteiger partial charge on any atom is 0.243 e. The molecule has 0 atom stereocenters. The van der Waals surface area contributed by atoms with E-state index in [1.54, 1.807) is 31.3 Å². The Balaban J connectivity index is 1.88. The summed E-state index contributed by atoms with van der Waals surface area (Å²) in [6, 6.07) is 4.20. The number of nitrogens with zero attached hydrogens (tertiary/aromatic N) is 3. The first kappa shape index (κ1) is 19.5. The van der Waals surface area contributed by atoms with E-state index in [-0.39, 0.29) is 12.5 Å². The van der Waals surface area contributed by atoms with Gasteiger partial charge >= 0.3 is 0 Å². The van der Waals surface area contributed by atoms with Gasteiger partial charge in [0.05, 0.1) is 0 Å². The number of carbonyl (C=O) groups excluding carboxylic acids is 1. The highest BCUT2D eigenvalue weighted by Gasteiger charge is 2.15. The molecule has 1 heterocycles. The van der Waals surface area contributed by atoms with Gasteiger partial charge < -0.3 is 15.5 Å². The van der Waals surface area contributed by atoms with Crippen LogP contribution in [-0.4, -0.2) is 55.0 Å². The molecule has 0 radical (unpaired) electrons. The van der Waals surface area contributed by atoms with Crippen LogP contribution in [0.1, 0.15) is 37.7 Å². The molecule has 1 amide bonds. The van der Waals surface area contributed by atoms with E-state index in [4.69, 9.17) is 11.6 Å². The lowest BCUT2D eigenvalue weighted by molar-refractivity contribution is -0.127. The minimum absolute atomic E-state index is 0.00774. The van der Waals surface area contributed by atoms with Crippen molar-refractivity contribution in [2.45, 2.75) is 44.6 Å². The van der Waals surface area contributed by atoms with Crippen molar-refractivity contribution in [1.29, 1.82) is 0 Å². The standard InChI is InChI=1S/C18H28ClN5O/c1-24(2)17(25)13-22-18(23-15-6-4-3-5-7-15)20-11-10-14-8-9-16(19)21-12-14/h8-9,12,15H,3-7,10-11,13H2,1-2H3,(H2,20,22,23). The molecule has 1 aromatic rings. The lowest BCUT2D eigenvalue weighted by Crippen LogP contribution is -2.45. The van der Waals surface area contributed by atoms with Crippen LogP contribution in [0.2, 0.25) is 5.15 Å². The van der Waals surface area contributed by atoms with Gasteiger partial charge in [0.25, 0.3) is 0 Å². The van der Waals surface area contributed by atoms with Crippen molar-refractivity contribution < 1.29 is 4.79 Å². The van der Waals surface area contributed by atoms with Crippen LogP contribution < -0.4 is 10.6 Å². The first-order valence-corrected chi connectivity index (χ1v) is 9.28. The summed E-state index contributed by atoms with van der Waals surface area (Å²) < 4.78 is 0. The van der Waals surface area contributed by atoms with Gasteiger partial charge in [-0.1, -0.05) is 36.9 Å². The van der Waals surface area contributed by atoms with E-state index in [0.29, 0.717) is 17.2 Å². The number of rotatable bonds is 6. The fraction of sp³-hybridized carbons (Fsp3) is 0.611. The van der Waals surface area contributed by atoms with Crippen molar-refractivity contribution in [3.63, 3.8) is 0 Å². The maximum atomic E-state index is 11.8. The average Bonchev–Trinajstić information content (AvgIpc) is 2.61. The Morgan fingerprint density at radius 2 is 2.08 bits per heavy atom. The number of amides is 1. The number of hydrogen-bond acceptors (Lipinski definition) is 3. The molecule has 0 spiro atoms. The zero-order valence-corrected chi connectivity index (χ0v) is 15.9. The molecular formula is C18H28ClN5O. The molecular weight excluding hydrogens is 338 g/mol. The summed E-state index contributed by atoms with van der Waals surface area (Å²) in [5.74, 6) is 0.704. The van der Waals surface area contributed by atoms with Gasteiger partial charge in [0.1, 0.15) is 11.7 Å². The molecule has 0 aliphatic heterocycles. The third-order valence-corrected chi connectivity index (χ3v) is 4.54. The first-order valence-electron chi connectivity index (χ1n) is 8.90. The molecule has 2 N–H and O–H groups in total. The van der Waals surface area contributed by atoms with Crippen LogP contribution in [-0.2, 0) is 11.2 Å². The van der Waals surface area contributed by atoms with Crippen molar-refractivity contribution in [3.8, 4) is 0 Å². The SMILES string of the molecule is CN(C)C(=O)CN=C(NCCc1ccc(Cl)nc1)NC1CCCCC1. The van der Waals surface area contributed by atoms with E-state index in [2.05, 4.69) is 20.6 Å². The molecule has 1 saturated carbocycles. The van der Waals surface area contributed by atoms with E-state index < -0.39 is 0 Å². The number of carbonyl (C=O) groups is 1. The van der Waals surface area contributed by atoms with Crippen molar-refractivity contribution >= 4 is 23.5 Å². The van der Waals surface area contributed by atoms with Gasteiger partial charge in [-0.2, -0.15) is 0 Å². The van der Waals surface area contributed by atoms with Crippen LogP contribution in [0.25, 0.3) is 0 Å². The molecule has 138 valence electrons. The highest BCUT2D eigenvalue weighted by molar-refractivity contribution is 6.29. The molecule has 6 nitrogen and oxygen atoms in total. The van der Waals surface area contributed by atoms with E-state index in [9.17, 15) is 4.79 Å². The second kappa shape index (κ2) is 10.2. The first-order chi connectivity index (χ1) is 12.0. The molecule has 0 bridgehead atoms. The van der Waals surface area contributed by atoms with Gasteiger partial charge in [0, 0.05) is 32.9 Å². The minimum atomic E-state index is -0.00774. The fourth-order valence-electron chi connectivity index (χ4n) is 2.76. The monoisotopic (exact) mass is 365 g/mol. The van der Waals surface area contributed by atoms with E-state index in [0.717, 1.165) is 31.4 Å². The second-order valence-electron chi connectivity index (χ2n) is 6.60. The Hall–Kier alpha value is -1.82. The van der Waals surface area contributed by atoms with Crippen LogP contribution in [0.15, 0.2) is 23.3 Å². The number of hydrogen-bond donors (Lipinski definition) is 2. The number of halogens is 1. The number of pyridine rings is 1. The van der Waals surface area contributed by atoms with Crippen LogP contribution in [0.4, 0.5) is 0 Å². The van der Waals surface area contributed by atoms with Crippen LogP contribution in [0.5, 0.6) is 0 Å². The molecule has 25 heavy (non-hydrogen) atoms. The van der Waals surface area contributed by atoms with E-state index in [1.165, 1.54) is 19.3 Å². The molecule has 2 rings (SSSR count). The Labute approximate surface area is 155 Å². The van der Waals surface area contributed by atoms with Crippen molar-refractivity contribution in [2.75, 3.05) is 27.2 Å². The number of aromatic nitrogens is 1. The van der Waals surface area contributed by atoms with Gasteiger partial charge in [-0.3, -0.25) is 4.79 Å². The summed E-state index contributed by atoms with van der Waals surface area (Å²) in [5, 5.41) is 7.31. The Morgan fingerprint density at radius 3 is 2.72 bits per heavy atom. The zero-order chi connectivity index (χ0) is 18.1. The largest absolute Gasteiger partial charge is 0.356 e. The molecule has 0 saturated heterocycles. The molecule has 7 heteroatoms. The number of likely N-dealkylation sites (N-methyl/N-ethyl adjacent to an activating group) is 1. The van der Waals surface area contributed by atoms with Crippen LogP contribution >= 0.6 is 11.6 Å². The number of nitrogens with one attached hydrogen (secondary N) is 2. The Kier molecular flexibility index (Phi) is 7.98. The van der Waals surface area contributed by atoms with Crippen molar-refractivity contribution in [2.24, 2.45) is 4.99 Å². The molecule has 0 unspecified atom stereocenters. The lowest BCUT2D eigenvalue weighted by Gasteiger charge is -2.25. The predicted octanol–water partition coefficient (Wildman–Crippen LogP) is 2.23. The van der Waals surface area contributed by atoms with E-state index in [1.807, 2.05) is 6.07 Å². The Morgan fingerprint density at radius 1 is 1.32 bits per heavy atom. The van der Waals surface area contributed by atoms with Gasteiger partial charge in [0.15, 0.2) is 5.96 Å². The van der Waals surface area contributed by atoms with Crippen LogP contribution in [0.3, 0.4) is 0 Å². The van der Waals surface area contributed by atoms with Gasteiger partial charge in [-0.15, -0.1) is 0 Å². The highest BCUT2D eigenvalue weighted by Crippen LogP contribution is 2.17. The van der Waals surface area contributed by atoms with Gasteiger partial charge in [0.2, 0.25) is 5.91 Å². The molecule has 1 aliphatic carbocycles. The Bertz CT molecular complexity index is 567. The lowest BCUT2D eigenvalue weighted by atomic mass is 9.96. The quantitative estimate of drug-likeness (QED) is 0.461. The molecule has 1 fully saturated rings. The van der Waals surface area contributed by atoms with Gasteiger partial charge in [-0.25, -0.2) is 9.98 Å². The summed E-state index contributed by atoms with van der Waals surface area (Å²) in [5.41, 5.74) is 1.11. The molecule has 1 aromatic heterocycles. The minimum Gasteiger partial charge on any atom is -0.356 e. The fourth-order valence-corrected chi connectivity index (χ4v) is 2.87. The summed E-state index contributed by atoms with van der Waals surface area (Å²) in [6.45, 7) is 0.871.